The number of pyridine rings is 1. The highest BCUT2D eigenvalue weighted by Crippen LogP contribution is 2.37. The zero-order valence-electron chi connectivity index (χ0n) is 17.8. The number of fused-ring (bicyclic) bond motifs is 3. The molecule has 0 bridgehead atoms. The van der Waals surface area contributed by atoms with E-state index in [-0.39, 0.29) is 18.2 Å². The molecule has 1 amide bonds. The summed E-state index contributed by atoms with van der Waals surface area (Å²) in [6.07, 6.45) is 3.32. The molecule has 0 radical (unpaired) electrons. The van der Waals surface area contributed by atoms with Crippen molar-refractivity contribution in [3.63, 3.8) is 0 Å². The molecule has 1 saturated heterocycles. The van der Waals surface area contributed by atoms with Gasteiger partial charge in [-0.2, -0.15) is 0 Å². The Balaban J connectivity index is 1.46. The predicted molar refractivity (Wildman–Crippen MR) is 109 cm³/mol. The molecule has 0 spiro atoms. The van der Waals surface area contributed by atoms with Crippen molar-refractivity contribution >= 4 is 11.9 Å². The quantitative estimate of drug-likeness (QED) is 0.789. The van der Waals surface area contributed by atoms with Gasteiger partial charge in [-0.05, 0) is 77.0 Å². The summed E-state index contributed by atoms with van der Waals surface area (Å²) in [5, 5.41) is 0. The largest absolute Gasteiger partial charge is 0.444 e. The van der Waals surface area contributed by atoms with Crippen LogP contribution in [0.5, 0.6) is 0 Å². The molecule has 3 aliphatic rings. The molecule has 1 aliphatic carbocycles. The molecule has 154 valence electrons. The summed E-state index contributed by atoms with van der Waals surface area (Å²) in [5.41, 5.74) is 3.05. The standard InChI is InChI=1S/C22H33N3O3/c1-14-10-24(21(26)28-22(3,4)5)11-19-9-17-8-18(13-27-12-16-6-7-16)15(2)23-20(17)25(14)19/h8,14,16,19H,6-7,9-13H2,1-5H3/t14-,19-/m1/s1. The van der Waals surface area contributed by atoms with Crippen molar-refractivity contribution in [2.75, 3.05) is 24.6 Å². The fourth-order valence-corrected chi connectivity index (χ4v) is 4.28. The minimum atomic E-state index is -0.468. The molecule has 0 unspecified atom stereocenters. The van der Waals surface area contributed by atoms with E-state index < -0.39 is 5.60 Å². The normalized spacial score (nSPS) is 24.2. The summed E-state index contributed by atoms with van der Waals surface area (Å²) >= 11 is 0. The van der Waals surface area contributed by atoms with Crippen molar-refractivity contribution in [2.45, 2.75) is 78.2 Å². The van der Waals surface area contributed by atoms with Gasteiger partial charge in [0.15, 0.2) is 0 Å². The second kappa shape index (κ2) is 7.21. The first-order valence-electron chi connectivity index (χ1n) is 10.5. The fourth-order valence-electron chi connectivity index (χ4n) is 4.28. The molecule has 2 aliphatic heterocycles. The van der Waals surface area contributed by atoms with Gasteiger partial charge in [-0.15, -0.1) is 0 Å². The van der Waals surface area contributed by atoms with Gasteiger partial charge < -0.3 is 19.3 Å². The summed E-state index contributed by atoms with van der Waals surface area (Å²) in [6, 6.07) is 2.75. The van der Waals surface area contributed by atoms with E-state index >= 15 is 0 Å². The highest BCUT2D eigenvalue weighted by molar-refractivity contribution is 5.69. The number of carbonyl (C=O) groups excluding carboxylic acids is 1. The number of hydrogen-bond donors (Lipinski definition) is 0. The number of aromatic nitrogens is 1. The van der Waals surface area contributed by atoms with Crippen LogP contribution in [0.25, 0.3) is 0 Å². The molecule has 2 fully saturated rings. The van der Waals surface area contributed by atoms with Crippen LogP contribution >= 0.6 is 0 Å². The van der Waals surface area contributed by atoms with Crippen LogP contribution in [0.4, 0.5) is 10.6 Å². The maximum atomic E-state index is 12.6. The van der Waals surface area contributed by atoms with Crippen molar-refractivity contribution < 1.29 is 14.3 Å². The number of rotatable bonds is 4. The van der Waals surface area contributed by atoms with Gasteiger partial charge >= 0.3 is 6.09 Å². The number of carbonyl (C=O) groups is 1. The molecular formula is C22H33N3O3. The third-order valence-corrected chi connectivity index (χ3v) is 5.82. The zero-order valence-corrected chi connectivity index (χ0v) is 17.8. The highest BCUT2D eigenvalue weighted by atomic mass is 16.6. The second-order valence-corrected chi connectivity index (χ2v) is 9.67. The van der Waals surface area contributed by atoms with Crippen LogP contribution in [0.15, 0.2) is 6.07 Å². The molecule has 6 nitrogen and oxygen atoms in total. The summed E-state index contributed by atoms with van der Waals surface area (Å²) in [6.45, 7) is 12.8. The van der Waals surface area contributed by atoms with Crippen LogP contribution in [-0.2, 0) is 22.5 Å². The molecule has 3 heterocycles. The summed E-state index contributed by atoms with van der Waals surface area (Å²) < 4.78 is 11.5. The third kappa shape index (κ3) is 4.12. The van der Waals surface area contributed by atoms with Gasteiger partial charge in [0.25, 0.3) is 0 Å². The van der Waals surface area contributed by atoms with Crippen molar-refractivity contribution in [3.05, 3.63) is 22.9 Å². The van der Waals surface area contributed by atoms with E-state index in [2.05, 4.69) is 24.8 Å². The van der Waals surface area contributed by atoms with Crippen molar-refractivity contribution in [3.8, 4) is 0 Å². The molecule has 1 aromatic rings. The molecule has 6 heteroatoms. The van der Waals surface area contributed by atoms with E-state index in [1.165, 1.54) is 24.0 Å². The van der Waals surface area contributed by atoms with Crippen LogP contribution in [0.3, 0.4) is 0 Å². The monoisotopic (exact) mass is 387 g/mol. The van der Waals surface area contributed by atoms with E-state index in [0.717, 1.165) is 30.5 Å². The average molecular weight is 388 g/mol. The Kier molecular flexibility index (Phi) is 5.02. The molecule has 4 rings (SSSR count). The van der Waals surface area contributed by atoms with Gasteiger partial charge in [-0.3, -0.25) is 0 Å². The predicted octanol–water partition coefficient (Wildman–Crippen LogP) is 3.69. The minimum Gasteiger partial charge on any atom is -0.444 e. The number of nitrogens with zero attached hydrogens (tertiary/aromatic N) is 3. The van der Waals surface area contributed by atoms with Crippen LogP contribution in [-0.4, -0.2) is 53.4 Å². The maximum Gasteiger partial charge on any atom is 0.410 e. The lowest BCUT2D eigenvalue weighted by molar-refractivity contribution is 0.0191. The van der Waals surface area contributed by atoms with E-state index in [0.29, 0.717) is 19.7 Å². The lowest BCUT2D eigenvalue weighted by atomic mass is 10.1. The van der Waals surface area contributed by atoms with Gasteiger partial charge in [0.2, 0.25) is 0 Å². The molecular weight excluding hydrogens is 354 g/mol. The summed E-state index contributed by atoms with van der Waals surface area (Å²) in [7, 11) is 0. The fraction of sp³-hybridized carbons (Fsp3) is 0.727. The SMILES string of the molecule is Cc1nc2c(cc1COCC1CC1)C[C@@H]1CN(C(=O)OC(C)(C)C)C[C@@H](C)N21. The first-order chi connectivity index (χ1) is 13.2. The number of piperazine rings is 1. The van der Waals surface area contributed by atoms with Crippen molar-refractivity contribution in [2.24, 2.45) is 5.92 Å². The van der Waals surface area contributed by atoms with Gasteiger partial charge in [0, 0.05) is 31.4 Å². The lowest BCUT2D eigenvalue weighted by Crippen LogP contribution is -2.58. The Labute approximate surface area is 168 Å². The molecule has 2 atom stereocenters. The number of hydrogen-bond acceptors (Lipinski definition) is 5. The number of ether oxygens (including phenoxy) is 2. The molecule has 1 saturated carbocycles. The summed E-state index contributed by atoms with van der Waals surface area (Å²) in [4.78, 5) is 21.8. The van der Waals surface area contributed by atoms with Crippen LogP contribution in [0.2, 0.25) is 0 Å². The smallest absolute Gasteiger partial charge is 0.410 e. The Morgan fingerprint density at radius 3 is 2.71 bits per heavy atom. The molecule has 0 N–H and O–H groups in total. The second-order valence-electron chi connectivity index (χ2n) is 9.67. The zero-order chi connectivity index (χ0) is 20.1. The molecule has 1 aromatic heterocycles. The Morgan fingerprint density at radius 2 is 2.04 bits per heavy atom. The van der Waals surface area contributed by atoms with E-state index in [1.807, 2.05) is 25.7 Å². The van der Waals surface area contributed by atoms with Gasteiger partial charge in [-0.1, -0.05) is 0 Å². The van der Waals surface area contributed by atoms with E-state index in [9.17, 15) is 4.79 Å². The van der Waals surface area contributed by atoms with Crippen molar-refractivity contribution in [1.82, 2.24) is 9.88 Å². The van der Waals surface area contributed by atoms with Crippen LogP contribution in [0, 0.1) is 12.8 Å². The summed E-state index contributed by atoms with van der Waals surface area (Å²) in [5.74, 6) is 1.86. The number of amides is 1. The van der Waals surface area contributed by atoms with Crippen molar-refractivity contribution in [1.29, 1.82) is 0 Å². The van der Waals surface area contributed by atoms with Gasteiger partial charge in [0.05, 0.1) is 12.6 Å². The first-order valence-corrected chi connectivity index (χ1v) is 10.5. The Bertz CT molecular complexity index is 754. The van der Waals surface area contributed by atoms with E-state index in [1.54, 1.807) is 0 Å². The number of anilines is 1. The lowest BCUT2D eigenvalue weighted by Gasteiger charge is -2.43. The van der Waals surface area contributed by atoms with Gasteiger partial charge in [-0.25, -0.2) is 9.78 Å². The van der Waals surface area contributed by atoms with Gasteiger partial charge in [0.1, 0.15) is 11.4 Å². The maximum absolute atomic E-state index is 12.6. The number of aryl methyl sites for hydroxylation is 1. The van der Waals surface area contributed by atoms with Crippen LogP contribution in [0.1, 0.15) is 57.4 Å². The minimum absolute atomic E-state index is 0.215. The Morgan fingerprint density at radius 1 is 1.29 bits per heavy atom. The van der Waals surface area contributed by atoms with E-state index in [4.69, 9.17) is 14.5 Å². The van der Waals surface area contributed by atoms with Crippen LogP contribution < -0.4 is 4.90 Å². The average Bonchev–Trinajstić information content (AvgIpc) is 3.33. The Hall–Kier alpha value is -1.82. The molecule has 28 heavy (non-hydrogen) atoms. The first kappa shape index (κ1) is 19.5. The molecule has 0 aromatic carbocycles. The topological polar surface area (TPSA) is 54.9 Å². The third-order valence-electron chi connectivity index (χ3n) is 5.82. The highest BCUT2D eigenvalue weighted by Gasteiger charge is 2.41.